The maximum atomic E-state index is 10.9. The molecule has 6 N–H and O–H groups in total. The van der Waals surface area contributed by atoms with Crippen LogP contribution in [0.2, 0.25) is 0 Å². The largest absolute Gasteiger partial charge is 0.548 e. The number of hydrogen-bond acceptors (Lipinski definition) is 10. The summed E-state index contributed by atoms with van der Waals surface area (Å²) >= 11 is 0. The number of fused-ring (bicyclic) bond motifs is 1. The average Bonchev–Trinajstić information content (AvgIpc) is 3.23. The number of aliphatic carboxylic acids is 1. The van der Waals surface area contributed by atoms with Gasteiger partial charge in [-0.1, -0.05) is 6.92 Å². The van der Waals surface area contributed by atoms with Gasteiger partial charge in [0.2, 0.25) is 0 Å². The minimum absolute atomic E-state index is 0.215. The number of hydrogen-bond donors (Lipinski definition) is 4. The lowest BCUT2D eigenvalue weighted by atomic mass is 10.1. The quantitative estimate of drug-likeness (QED) is 0.313. The van der Waals surface area contributed by atoms with Crippen molar-refractivity contribution in [2.45, 2.75) is 50.3 Å². The predicted octanol–water partition coefficient (Wildman–Crippen LogP) is -2.48. The summed E-state index contributed by atoms with van der Waals surface area (Å²) in [4.78, 5) is 23.1. The molecule has 3 rings (SSSR count). The van der Waals surface area contributed by atoms with Crippen molar-refractivity contribution in [1.82, 2.24) is 19.5 Å². The van der Waals surface area contributed by atoms with E-state index in [4.69, 9.17) is 16.2 Å². The minimum Gasteiger partial charge on any atom is -0.548 e. The maximum Gasteiger partial charge on any atom is 0.167 e. The number of aliphatic hydroxyl groups excluding tert-OH is 2. The van der Waals surface area contributed by atoms with Gasteiger partial charge in [-0.2, -0.15) is 0 Å². The molecule has 0 spiro atoms. The second-order valence-corrected chi connectivity index (χ2v) is 9.41. The molecule has 0 saturated carbocycles. The Balaban J connectivity index is 1.72. The van der Waals surface area contributed by atoms with E-state index in [0.29, 0.717) is 29.1 Å². The monoisotopic (exact) mass is 426 g/mol. The van der Waals surface area contributed by atoms with Gasteiger partial charge in [0.15, 0.2) is 17.7 Å². The van der Waals surface area contributed by atoms with Crippen molar-refractivity contribution in [3.63, 3.8) is 0 Å². The molecule has 160 valence electrons. The Labute approximate surface area is 170 Å². The summed E-state index contributed by atoms with van der Waals surface area (Å²) in [6, 6.07) is -1.02. The van der Waals surface area contributed by atoms with Crippen molar-refractivity contribution in [3.05, 3.63) is 12.7 Å². The Bertz CT molecular complexity index is 851. The highest BCUT2D eigenvalue weighted by Gasteiger charge is 2.47. The molecule has 11 nitrogen and oxygen atoms in total. The smallest absolute Gasteiger partial charge is 0.167 e. The summed E-state index contributed by atoms with van der Waals surface area (Å²) in [6.45, 7) is 2.03. The number of carbonyl (C=O) groups excluding carboxylic acids is 1. The Kier molecular flexibility index (Phi) is 6.90. The second kappa shape index (κ2) is 9.22. The van der Waals surface area contributed by atoms with Gasteiger partial charge in [-0.15, -0.1) is 0 Å². The third kappa shape index (κ3) is 4.61. The van der Waals surface area contributed by atoms with Crippen molar-refractivity contribution in [3.8, 4) is 0 Å². The maximum absolute atomic E-state index is 10.9. The molecular weight excluding hydrogens is 400 g/mol. The van der Waals surface area contributed by atoms with Crippen LogP contribution in [-0.2, 0) is 20.4 Å². The van der Waals surface area contributed by atoms with Crippen LogP contribution < -0.4 is 16.6 Å². The molecule has 1 fully saturated rings. The topological polar surface area (TPSA) is 185 Å². The number of nitrogens with two attached hydrogens (primary N) is 2. The molecule has 1 aliphatic heterocycles. The van der Waals surface area contributed by atoms with E-state index in [-0.39, 0.29) is 16.7 Å². The molecule has 29 heavy (non-hydrogen) atoms. The van der Waals surface area contributed by atoms with E-state index in [0.717, 1.165) is 12.2 Å². The Morgan fingerprint density at radius 3 is 2.79 bits per heavy atom. The van der Waals surface area contributed by atoms with Gasteiger partial charge in [0.25, 0.3) is 0 Å². The van der Waals surface area contributed by atoms with Gasteiger partial charge in [0.1, 0.15) is 47.4 Å². The van der Waals surface area contributed by atoms with E-state index >= 15 is 0 Å². The zero-order chi connectivity index (χ0) is 21.1. The molecule has 1 saturated heterocycles. The fourth-order valence-corrected chi connectivity index (χ4v) is 5.80. The van der Waals surface area contributed by atoms with E-state index in [1.165, 1.54) is 17.2 Å². The molecule has 0 amide bonds. The third-order valence-corrected chi connectivity index (χ3v) is 7.51. The SMILES string of the molecule is CCC[S+](CC[C@H](N)C(=O)[O-])C[C@H]1O[C@@H](n2cnc3c(N)ncnc32)[C@H](O)[C@@H]1O. The van der Waals surface area contributed by atoms with Crippen molar-refractivity contribution in [2.75, 3.05) is 23.0 Å². The number of anilines is 1. The molecule has 0 radical (unpaired) electrons. The molecular formula is C17H26N6O5S. The van der Waals surface area contributed by atoms with Crippen LogP contribution in [0.25, 0.3) is 11.2 Å². The zero-order valence-electron chi connectivity index (χ0n) is 16.0. The molecule has 0 aliphatic carbocycles. The van der Waals surface area contributed by atoms with E-state index in [9.17, 15) is 20.1 Å². The Hall–Kier alpha value is -1.99. The van der Waals surface area contributed by atoms with Crippen LogP contribution in [0, 0.1) is 0 Å². The van der Waals surface area contributed by atoms with Gasteiger partial charge in [-0.05, 0) is 17.3 Å². The third-order valence-electron chi connectivity index (χ3n) is 4.91. The molecule has 6 atom stereocenters. The van der Waals surface area contributed by atoms with Gasteiger partial charge < -0.3 is 36.3 Å². The Morgan fingerprint density at radius 1 is 1.34 bits per heavy atom. The fraction of sp³-hybridized carbons (Fsp3) is 0.647. The van der Waals surface area contributed by atoms with Gasteiger partial charge in [-0.25, -0.2) is 15.0 Å². The Morgan fingerprint density at radius 2 is 2.10 bits per heavy atom. The van der Waals surface area contributed by atoms with Crippen LogP contribution in [0.15, 0.2) is 12.7 Å². The molecule has 1 aliphatic rings. The van der Waals surface area contributed by atoms with Crippen LogP contribution in [0.5, 0.6) is 0 Å². The number of nitrogens with zero attached hydrogens (tertiary/aromatic N) is 4. The van der Waals surface area contributed by atoms with Crippen LogP contribution in [0.3, 0.4) is 0 Å². The first kappa shape index (κ1) is 21.7. The number of carboxylic acid groups (broad SMARTS) is 1. The number of aromatic nitrogens is 4. The van der Waals surface area contributed by atoms with E-state index in [2.05, 4.69) is 15.0 Å². The van der Waals surface area contributed by atoms with Crippen molar-refractivity contribution in [2.24, 2.45) is 5.73 Å². The number of ether oxygens (including phenoxy) is 1. The standard InChI is InChI=1S/C17H26N6O5S/c1-2-4-29(5-3-9(18)17(26)27)6-10-12(24)13(25)16(28-10)23-8-22-11-14(19)20-7-21-15(11)23/h7-10,12-13,16,24-25H,2-6,18H2,1H3,(H2-,19,20,21,26,27)/t9-,10+,12+,13+,16+,29?/m0/s1. The number of carboxylic acids is 1. The molecule has 0 aromatic carbocycles. The van der Waals surface area contributed by atoms with Crippen LogP contribution in [0.1, 0.15) is 26.0 Å². The number of nitrogen functional groups attached to an aromatic ring is 1. The first-order valence-corrected chi connectivity index (χ1v) is 11.1. The fourth-order valence-electron chi connectivity index (χ4n) is 3.35. The van der Waals surface area contributed by atoms with E-state index in [1.807, 2.05) is 6.92 Å². The minimum atomic E-state index is -1.27. The summed E-state index contributed by atoms with van der Waals surface area (Å²) in [5, 5.41) is 32.0. The van der Waals surface area contributed by atoms with Crippen LogP contribution in [0.4, 0.5) is 5.82 Å². The molecule has 2 aromatic rings. The molecule has 2 aromatic heterocycles. The first-order chi connectivity index (χ1) is 13.8. The molecule has 3 heterocycles. The van der Waals surface area contributed by atoms with Crippen LogP contribution >= 0.6 is 0 Å². The van der Waals surface area contributed by atoms with Crippen molar-refractivity contribution < 1.29 is 24.9 Å². The summed E-state index contributed by atoms with van der Waals surface area (Å²) in [6.07, 6.45) is 0.189. The normalized spacial score (nSPS) is 26.6. The number of carbonyl (C=O) groups is 1. The molecule has 12 heteroatoms. The summed E-state index contributed by atoms with van der Waals surface area (Å²) < 4.78 is 7.51. The first-order valence-electron chi connectivity index (χ1n) is 9.38. The second-order valence-electron chi connectivity index (χ2n) is 7.03. The van der Waals surface area contributed by atoms with Gasteiger partial charge in [-0.3, -0.25) is 4.57 Å². The summed E-state index contributed by atoms with van der Waals surface area (Å²) in [5.41, 5.74) is 12.2. The molecule has 0 bridgehead atoms. The lowest BCUT2D eigenvalue weighted by molar-refractivity contribution is -0.307. The summed E-state index contributed by atoms with van der Waals surface area (Å²) in [7, 11) is -0.217. The molecule has 1 unspecified atom stereocenters. The number of rotatable bonds is 9. The lowest BCUT2D eigenvalue weighted by Gasteiger charge is -2.18. The predicted molar refractivity (Wildman–Crippen MR) is 106 cm³/mol. The van der Waals surface area contributed by atoms with Crippen molar-refractivity contribution >= 4 is 33.8 Å². The lowest BCUT2D eigenvalue weighted by Crippen LogP contribution is -2.43. The zero-order valence-corrected chi connectivity index (χ0v) is 16.9. The van der Waals surface area contributed by atoms with Crippen molar-refractivity contribution in [1.29, 1.82) is 0 Å². The highest BCUT2D eigenvalue weighted by molar-refractivity contribution is 7.96. The van der Waals surface area contributed by atoms with Crippen LogP contribution in [-0.4, -0.2) is 77.3 Å². The van der Waals surface area contributed by atoms with E-state index in [1.54, 1.807) is 0 Å². The van der Waals surface area contributed by atoms with Gasteiger partial charge in [0.05, 0.1) is 12.3 Å². The highest BCUT2D eigenvalue weighted by Crippen LogP contribution is 2.33. The summed E-state index contributed by atoms with van der Waals surface area (Å²) in [5.74, 6) is 0.878. The van der Waals surface area contributed by atoms with Gasteiger partial charge >= 0.3 is 0 Å². The van der Waals surface area contributed by atoms with E-state index < -0.39 is 36.6 Å². The number of imidazole rings is 1. The average molecular weight is 426 g/mol. The van der Waals surface area contributed by atoms with Gasteiger partial charge in [0, 0.05) is 12.5 Å². The highest BCUT2D eigenvalue weighted by atomic mass is 32.2. The number of aliphatic hydroxyl groups is 2.